The number of fused-ring (bicyclic) bond motifs is 1. The van der Waals surface area contributed by atoms with E-state index in [-0.39, 0.29) is 5.41 Å². The summed E-state index contributed by atoms with van der Waals surface area (Å²) in [5.74, 6) is 0. The topological polar surface area (TPSA) is 17.0 Å². The largest absolute Gasteiger partial charge is 0.348 e. The second-order valence-electron chi connectivity index (χ2n) is 5.60. The lowest BCUT2D eigenvalue weighted by molar-refractivity contribution is 0.493. The Labute approximate surface area is 118 Å². The molecule has 0 aliphatic carbocycles. The summed E-state index contributed by atoms with van der Waals surface area (Å²) in [5.41, 5.74) is 4.22. The van der Waals surface area contributed by atoms with E-state index >= 15 is 0 Å². The molecule has 0 aliphatic heterocycles. The van der Waals surface area contributed by atoms with Crippen LogP contribution in [0, 0.1) is 6.92 Å². The molecular weight excluding hydrogens is 288 g/mol. The third kappa shape index (κ3) is 2.10. The molecule has 2 nitrogen and oxygen atoms in total. The number of hydrogen-bond acceptors (Lipinski definition) is 1. The fraction of sp³-hybridized carbons (Fsp3) is 0.467. The van der Waals surface area contributed by atoms with Gasteiger partial charge >= 0.3 is 0 Å². The zero-order valence-corrected chi connectivity index (χ0v) is 13.4. The minimum Gasteiger partial charge on any atom is -0.348 e. The van der Waals surface area contributed by atoms with Gasteiger partial charge in [0.15, 0.2) is 0 Å². The van der Waals surface area contributed by atoms with Gasteiger partial charge in [-0.3, -0.25) is 0 Å². The van der Waals surface area contributed by atoms with E-state index in [1.54, 1.807) is 0 Å². The summed E-state index contributed by atoms with van der Waals surface area (Å²) < 4.78 is 3.43. The van der Waals surface area contributed by atoms with Crippen LogP contribution in [0.3, 0.4) is 0 Å². The van der Waals surface area contributed by atoms with E-state index in [9.17, 15) is 0 Å². The van der Waals surface area contributed by atoms with Crippen molar-refractivity contribution in [3.63, 3.8) is 0 Å². The van der Waals surface area contributed by atoms with Crippen molar-refractivity contribution in [1.29, 1.82) is 0 Å². The van der Waals surface area contributed by atoms with Crippen molar-refractivity contribution in [2.45, 2.75) is 26.2 Å². The van der Waals surface area contributed by atoms with Crippen LogP contribution in [-0.2, 0) is 12.5 Å². The number of nitrogens with one attached hydrogen (secondary N) is 1. The van der Waals surface area contributed by atoms with E-state index in [4.69, 9.17) is 0 Å². The SMILES string of the molecule is CNCC(C)(C)c1c(C)n(C)c2ccc(Br)cc12. The van der Waals surface area contributed by atoms with Gasteiger partial charge in [0.05, 0.1) is 0 Å². The van der Waals surface area contributed by atoms with Crippen molar-refractivity contribution in [3.8, 4) is 0 Å². The maximum absolute atomic E-state index is 3.58. The molecule has 0 amide bonds. The average Bonchev–Trinajstić information content (AvgIpc) is 2.51. The van der Waals surface area contributed by atoms with Gasteiger partial charge in [-0.25, -0.2) is 0 Å². The smallest absolute Gasteiger partial charge is 0.0483 e. The van der Waals surface area contributed by atoms with Gasteiger partial charge in [0.25, 0.3) is 0 Å². The number of nitrogens with zero attached hydrogens (tertiary/aromatic N) is 1. The zero-order chi connectivity index (χ0) is 13.5. The Morgan fingerprint density at radius 3 is 2.61 bits per heavy atom. The summed E-state index contributed by atoms with van der Waals surface area (Å²) in [5, 5.41) is 4.65. The highest BCUT2D eigenvalue weighted by atomic mass is 79.9. The van der Waals surface area contributed by atoms with Crippen molar-refractivity contribution in [3.05, 3.63) is 33.9 Å². The molecule has 1 aromatic heterocycles. The van der Waals surface area contributed by atoms with Gasteiger partial charge in [-0.05, 0) is 37.7 Å². The number of aryl methyl sites for hydroxylation is 1. The van der Waals surface area contributed by atoms with Gasteiger partial charge in [-0.1, -0.05) is 29.8 Å². The number of halogens is 1. The van der Waals surface area contributed by atoms with Gasteiger partial charge in [-0.2, -0.15) is 0 Å². The van der Waals surface area contributed by atoms with Crippen LogP contribution >= 0.6 is 15.9 Å². The van der Waals surface area contributed by atoms with Crippen LogP contribution in [-0.4, -0.2) is 18.2 Å². The van der Waals surface area contributed by atoms with Gasteiger partial charge in [-0.15, -0.1) is 0 Å². The maximum atomic E-state index is 3.58. The standard InChI is InChI=1S/C15H21BrN2/c1-10-14(15(2,3)9-17-4)12-8-11(16)6-7-13(12)18(10)5/h6-8,17H,9H2,1-5H3. The molecule has 18 heavy (non-hydrogen) atoms. The molecule has 1 N–H and O–H groups in total. The van der Waals surface area contributed by atoms with E-state index in [1.165, 1.54) is 22.2 Å². The monoisotopic (exact) mass is 308 g/mol. The lowest BCUT2D eigenvalue weighted by Gasteiger charge is -2.25. The first-order valence-electron chi connectivity index (χ1n) is 6.28. The number of rotatable bonds is 3. The molecule has 2 aromatic rings. The Hall–Kier alpha value is -0.800. The predicted molar refractivity (Wildman–Crippen MR) is 82.3 cm³/mol. The van der Waals surface area contributed by atoms with E-state index in [1.807, 2.05) is 7.05 Å². The molecule has 98 valence electrons. The van der Waals surface area contributed by atoms with Crippen LogP contribution in [0.25, 0.3) is 10.9 Å². The van der Waals surface area contributed by atoms with Crippen LogP contribution < -0.4 is 5.32 Å². The van der Waals surface area contributed by atoms with Crippen molar-refractivity contribution in [2.75, 3.05) is 13.6 Å². The molecule has 0 saturated carbocycles. The van der Waals surface area contributed by atoms with Crippen molar-refractivity contribution in [1.82, 2.24) is 9.88 Å². The molecule has 0 radical (unpaired) electrons. The molecule has 0 saturated heterocycles. The van der Waals surface area contributed by atoms with Gasteiger partial charge < -0.3 is 9.88 Å². The van der Waals surface area contributed by atoms with Gasteiger partial charge in [0, 0.05) is 40.1 Å². The Bertz CT molecular complexity index is 582. The Balaban J connectivity index is 2.77. The lowest BCUT2D eigenvalue weighted by atomic mass is 9.82. The Morgan fingerprint density at radius 2 is 2.00 bits per heavy atom. The van der Waals surface area contributed by atoms with Crippen molar-refractivity contribution < 1.29 is 0 Å². The third-order valence-corrected chi connectivity index (χ3v) is 4.24. The van der Waals surface area contributed by atoms with Crippen LogP contribution in [0.4, 0.5) is 0 Å². The molecule has 1 heterocycles. The molecule has 1 aromatic carbocycles. The first-order valence-corrected chi connectivity index (χ1v) is 7.07. The molecule has 0 fully saturated rings. The number of benzene rings is 1. The van der Waals surface area contributed by atoms with E-state index < -0.39 is 0 Å². The molecule has 0 aliphatic rings. The normalized spacial score (nSPS) is 12.3. The van der Waals surface area contributed by atoms with E-state index in [0.29, 0.717) is 0 Å². The van der Waals surface area contributed by atoms with Crippen LogP contribution in [0.1, 0.15) is 25.1 Å². The van der Waals surface area contributed by atoms with Crippen LogP contribution in [0.2, 0.25) is 0 Å². The lowest BCUT2D eigenvalue weighted by Crippen LogP contribution is -2.31. The van der Waals surface area contributed by atoms with E-state index in [0.717, 1.165) is 11.0 Å². The summed E-state index contributed by atoms with van der Waals surface area (Å²) in [6.45, 7) is 7.78. The second kappa shape index (κ2) is 4.71. The second-order valence-corrected chi connectivity index (χ2v) is 6.51. The van der Waals surface area contributed by atoms with Crippen molar-refractivity contribution >= 4 is 26.8 Å². The first-order chi connectivity index (χ1) is 8.38. The average molecular weight is 309 g/mol. The molecular formula is C15H21BrN2. The van der Waals surface area contributed by atoms with E-state index in [2.05, 4.69) is 71.8 Å². The predicted octanol–water partition coefficient (Wildman–Crippen LogP) is 3.75. The molecule has 0 unspecified atom stereocenters. The zero-order valence-electron chi connectivity index (χ0n) is 11.8. The third-order valence-electron chi connectivity index (χ3n) is 3.75. The molecule has 2 rings (SSSR count). The van der Waals surface area contributed by atoms with Crippen LogP contribution in [0.15, 0.2) is 22.7 Å². The van der Waals surface area contributed by atoms with Crippen molar-refractivity contribution in [2.24, 2.45) is 7.05 Å². The number of likely N-dealkylation sites (N-methyl/N-ethyl adjacent to an activating group) is 1. The molecule has 3 heteroatoms. The molecule has 0 spiro atoms. The maximum Gasteiger partial charge on any atom is 0.0483 e. The molecule has 0 atom stereocenters. The summed E-state index contributed by atoms with van der Waals surface area (Å²) in [6, 6.07) is 6.52. The fourth-order valence-electron chi connectivity index (χ4n) is 2.93. The van der Waals surface area contributed by atoms with Crippen LogP contribution in [0.5, 0.6) is 0 Å². The minimum atomic E-state index is 0.124. The Morgan fingerprint density at radius 1 is 1.33 bits per heavy atom. The first kappa shape index (κ1) is 13.6. The van der Waals surface area contributed by atoms with Gasteiger partial charge in [0.1, 0.15) is 0 Å². The molecule has 0 bridgehead atoms. The fourth-order valence-corrected chi connectivity index (χ4v) is 3.29. The number of aromatic nitrogens is 1. The van der Waals surface area contributed by atoms with Gasteiger partial charge in [0.2, 0.25) is 0 Å². The summed E-state index contributed by atoms with van der Waals surface area (Å²) in [4.78, 5) is 0. The summed E-state index contributed by atoms with van der Waals surface area (Å²) in [6.07, 6.45) is 0. The Kier molecular flexibility index (Phi) is 3.56. The highest BCUT2D eigenvalue weighted by Gasteiger charge is 2.27. The minimum absolute atomic E-state index is 0.124. The number of hydrogen-bond donors (Lipinski definition) is 1. The quantitative estimate of drug-likeness (QED) is 0.914. The highest BCUT2D eigenvalue weighted by molar-refractivity contribution is 9.10. The summed E-state index contributed by atoms with van der Waals surface area (Å²) >= 11 is 3.58. The highest BCUT2D eigenvalue weighted by Crippen LogP contribution is 2.35. The summed E-state index contributed by atoms with van der Waals surface area (Å²) in [7, 11) is 4.16.